The van der Waals surface area contributed by atoms with Gasteiger partial charge in [0, 0.05) is 10.4 Å². The third-order valence-electron chi connectivity index (χ3n) is 5.14. The zero-order chi connectivity index (χ0) is 20.7. The van der Waals surface area contributed by atoms with Crippen molar-refractivity contribution in [2.45, 2.75) is 25.7 Å². The highest BCUT2D eigenvalue weighted by molar-refractivity contribution is 7.22. The number of nitrogens with zero attached hydrogens (tertiary/aromatic N) is 2. The van der Waals surface area contributed by atoms with Crippen LogP contribution in [0.4, 0.5) is 10.3 Å². The molecule has 150 valence electrons. The molecule has 1 aliphatic rings. The van der Waals surface area contributed by atoms with Crippen LogP contribution >= 0.6 is 22.7 Å². The highest BCUT2D eigenvalue weighted by Crippen LogP contribution is 2.39. The summed E-state index contributed by atoms with van der Waals surface area (Å²) in [6, 6.07) is 15.0. The van der Waals surface area contributed by atoms with Gasteiger partial charge in [-0.2, -0.15) is 0 Å². The van der Waals surface area contributed by atoms with Crippen LogP contribution in [-0.2, 0) is 11.2 Å². The van der Waals surface area contributed by atoms with Gasteiger partial charge in [0.15, 0.2) is 10.3 Å². The second-order valence-electron chi connectivity index (χ2n) is 7.17. The predicted octanol–water partition coefficient (Wildman–Crippen LogP) is 4.98. The highest BCUT2D eigenvalue weighted by Gasteiger charge is 2.33. The Labute approximate surface area is 181 Å². The molecule has 1 aliphatic carbocycles. The molecule has 1 atom stereocenters. The van der Waals surface area contributed by atoms with E-state index in [1.807, 2.05) is 43.3 Å². The first-order valence-corrected chi connectivity index (χ1v) is 11.2. The van der Waals surface area contributed by atoms with E-state index in [0.29, 0.717) is 15.8 Å². The summed E-state index contributed by atoms with van der Waals surface area (Å²) in [4.78, 5) is 35.5. The molecule has 0 aliphatic heterocycles. The molecule has 5 rings (SSSR count). The number of fused-ring (bicyclic) bond motifs is 2. The number of aryl methyl sites for hydroxylation is 2. The van der Waals surface area contributed by atoms with E-state index < -0.39 is 0 Å². The molecule has 2 aromatic heterocycles. The van der Waals surface area contributed by atoms with Crippen molar-refractivity contribution >= 4 is 55.0 Å². The summed E-state index contributed by atoms with van der Waals surface area (Å²) in [6.45, 7) is 2.01. The van der Waals surface area contributed by atoms with Crippen molar-refractivity contribution in [3.8, 4) is 0 Å². The third-order valence-corrected chi connectivity index (χ3v) is 7.12. The van der Waals surface area contributed by atoms with Crippen LogP contribution in [-0.4, -0.2) is 21.8 Å². The number of hydrogen-bond donors (Lipinski definition) is 2. The number of benzene rings is 2. The number of thiazole rings is 2. The topological polar surface area (TPSA) is 84.0 Å². The fraction of sp³-hybridized carbons (Fsp3) is 0.182. The van der Waals surface area contributed by atoms with Gasteiger partial charge in [-0.1, -0.05) is 41.7 Å². The first-order valence-electron chi connectivity index (χ1n) is 9.61. The quantitative estimate of drug-likeness (QED) is 0.474. The summed E-state index contributed by atoms with van der Waals surface area (Å²) < 4.78 is 1.05. The van der Waals surface area contributed by atoms with E-state index in [0.717, 1.165) is 39.2 Å². The van der Waals surface area contributed by atoms with E-state index in [1.165, 1.54) is 22.7 Å². The van der Waals surface area contributed by atoms with E-state index in [9.17, 15) is 9.59 Å². The molecule has 0 fully saturated rings. The maximum atomic E-state index is 12.9. The van der Waals surface area contributed by atoms with Crippen LogP contribution in [0.2, 0.25) is 0 Å². The molecule has 0 bridgehead atoms. The van der Waals surface area contributed by atoms with Gasteiger partial charge >= 0.3 is 0 Å². The van der Waals surface area contributed by atoms with Crippen molar-refractivity contribution in [3.63, 3.8) is 0 Å². The number of amides is 2. The lowest BCUT2D eigenvalue weighted by Crippen LogP contribution is -2.20. The molecule has 2 heterocycles. The fourth-order valence-corrected chi connectivity index (χ4v) is 5.61. The molecule has 0 radical (unpaired) electrons. The Kier molecular flexibility index (Phi) is 4.80. The van der Waals surface area contributed by atoms with Crippen LogP contribution in [0.15, 0.2) is 48.5 Å². The first kappa shape index (κ1) is 18.9. The lowest BCUT2D eigenvalue weighted by molar-refractivity contribution is -0.117. The molecular formula is C22H18N4O2S2. The Balaban J connectivity index is 1.32. The van der Waals surface area contributed by atoms with Crippen LogP contribution in [0.1, 0.15) is 38.8 Å². The van der Waals surface area contributed by atoms with Gasteiger partial charge in [-0.3, -0.25) is 14.9 Å². The number of hydrogen-bond acceptors (Lipinski definition) is 6. The van der Waals surface area contributed by atoms with Crippen molar-refractivity contribution in [1.29, 1.82) is 0 Å². The van der Waals surface area contributed by atoms with Crippen LogP contribution in [0.25, 0.3) is 10.2 Å². The van der Waals surface area contributed by atoms with E-state index in [-0.39, 0.29) is 17.7 Å². The third kappa shape index (κ3) is 3.48. The molecular weight excluding hydrogens is 416 g/mol. The summed E-state index contributed by atoms with van der Waals surface area (Å²) in [5, 5.41) is 6.94. The number of carbonyl (C=O) groups is 2. The largest absolute Gasteiger partial charge is 0.301 e. The van der Waals surface area contributed by atoms with E-state index >= 15 is 0 Å². The molecule has 4 aromatic rings. The number of nitrogens with one attached hydrogen (secondary N) is 2. The fourth-order valence-electron chi connectivity index (χ4n) is 3.63. The Morgan fingerprint density at radius 1 is 0.967 bits per heavy atom. The number of aromatic nitrogens is 2. The van der Waals surface area contributed by atoms with Gasteiger partial charge in [-0.25, -0.2) is 9.97 Å². The molecule has 2 amide bonds. The molecule has 1 unspecified atom stereocenters. The Hall–Kier alpha value is -3.10. The molecule has 30 heavy (non-hydrogen) atoms. The second kappa shape index (κ2) is 7.62. The normalized spacial score (nSPS) is 15.2. The van der Waals surface area contributed by atoms with Crippen molar-refractivity contribution in [1.82, 2.24) is 9.97 Å². The number of rotatable bonds is 4. The molecule has 0 spiro atoms. The van der Waals surface area contributed by atoms with Gasteiger partial charge in [0.1, 0.15) is 0 Å². The zero-order valence-corrected chi connectivity index (χ0v) is 17.8. The summed E-state index contributed by atoms with van der Waals surface area (Å²) in [7, 11) is 0. The average molecular weight is 435 g/mol. The van der Waals surface area contributed by atoms with E-state index in [2.05, 4.69) is 20.6 Å². The van der Waals surface area contributed by atoms with Gasteiger partial charge in [0.05, 0.1) is 21.8 Å². The van der Waals surface area contributed by atoms with Gasteiger partial charge in [0.2, 0.25) is 5.91 Å². The minimum absolute atomic E-state index is 0.100. The summed E-state index contributed by atoms with van der Waals surface area (Å²) >= 11 is 2.92. The van der Waals surface area contributed by atoms with Crippen molar-refractivity contribution in [2.75, 3.05) is 10.6 Å². The SMILES string of the molecule is Cc1cccc2sc(NC(=O)C3CCc4sc(NC(=O)c5ccccc5)nc43)nc12. The Bertz CT molecular complexity index is 1260. The average Bonchev–Trinajstić information content (AvgIpc) is 3.43. The molecule has 2 aromatic carbocycles. The second-order valence-corrected chi connectivity index (χ2v) is 9.28. The van der Waals surface area contributed by atoms with Gasteiger partial charge in [-0.15, -0.1) is 11.3 Å². The smallest absolute Gasteiger partial charge is 0.257 e. The van der Waals surface area contributed by atoms with E-state index in [1.54, 1.807) is 12.1 Å². The minimum Gasteiger partial charge on any atom is -0.301 e. The number of anilines is 2. The van der Waals surface area contributed by atoms with Crippen LogP contribution < -0.4 is 10.6 Å². The van der Waals surface area contributed by atoms with Crippen LogP contribution in [0, 0.1) is 6.92 Å². The zero-order valence-electron chi connectivity index (χ0n) is 16.1. The minimum atomic E-state index is -0.327. The maximum Gasteiger partial charge on any atom is 0.257 e. The van der Waals surface area contributed by atoms with Crippen molar-refractivity contribution in [3.05, 3.63) is 70.2 Å². The van der Waals surface area contributed by atoms with Crippen molar-refractivity contribution < 1.29 is 9.59 Å². The highest BCUT2D eigenvalue weighted by atomic mass is 32.1. The lowest BCUT2D eigenvalue weighted by atomic mass is 10.1. The number of carbonyl (C=O) groups excluding carboxylic acids is 2. The summed E-state index contributed by atoms with van der Waals surface area (Å²) in [5.74, 6) is -0.627. The first-order chi connectivity index (χ1) is 14.6. The molecule has 0 saturated heterocycles. The lowest BCUT2D eigenvalue weighted by Gasteiger charge is -2.08. The van der Waals surface area contributed by atoms with Crippen molar-refractivity contribution in [2.24, 2.45) is 0 Å². The van der Waals surface area contributed by atoms with Crippen LogP contribution in [0.3, 0.4) is 0 Å². The predicted molar refractivity (Wildman–Crippen MR) is 121 cm³/mol. The number of para-hydroxylation sites is 1. The molecule has 0 saturated carbocycles. The van der Waals surface area contributed by atoms with Gasteiger partial charge in [-0.05, 0) is 43.5 Å². The molecule has 8 heteroatoms. The van der Waals surface area contributed by atoms with Gasteiger partial charge in [0.25, 0.3) is 5.91 Å². The summed E-state index contributed by atoms with van der Waals surface area (Å²) in [6.07, 6.45) is 1.50. The standard InChI is InChI=1S/C22H18N4O2S2/c1-12-6-5-9-15-17(12)23-21(29-15)26-20(28)14-10-11-16-18(14)24-22(30-16)25-19(27)13-7-3-2-4-8-13/h2-9,14H,10-11H2,1H3,(H,23,26,28)(H,24,25,27). The maximum absolute atomic E-state index is 12.9. The Morgan fingerprint density at radius 2 is 1.77 bits per heavy atom. The van der Waals surface area contributed by atoms with E-state index in [4.69, 9.17) is 0 Å². The Morgan fingerprint density at radius 3 is 2.57 bits per heavy atom. The molecule has 6 nitrogen and oxygen atoms in total. The van der Waals surface area contributed by atoms with Gasteiger partial charge < -0.3 is 5.32 Å². The monoisotopic (exact) mass is 434 g/mol. The summed E-state index contributed by atoms with van der Waals surface area (Å²) in [5.41, 5.74) is 3.35. The van der Waals surface area contributed by atoms with Crippen LogP contribution in [0.5, 0.6) is 0 Å². The molecule has 2 N–H and O–H groups in total.